The molecule has 0 aromatic rings. The van der Waals surface area contributed by atoms with Crippen molar-refractivity contribution in [2.45, 2.75) is 90.3 Å². The zero-order chi connectivity index (χ0) is 13.7. The first kappa shape index (κ1) is 15.3. The Morgan fingerprint density at radius 3 is 2.42 bits per heavy atom. The van der Waals surface area contributed by atoms with Crippen LogP contribution in [0.2, 0.25) is 0 Å². The Morgan fingerprint density at radius 1 is 1.05 bits per heavy atom. The molecule has 1 saturated heterocycles. The first-order chi connectivity index (χ1) is 9.26. The highest BCUT2D eigenvalue weighted by Crippen LogP contribution is 2.33. The van der Waals surface area contributed by atoms with Crippen LogP contribution in [0, 0.1) is 5.92 Å². The zero-order valence-corrected chi connectivity index (χ0v) is 13.3. The van der Waals surface area contributed by atoms with Crippen molar-refractivity contribution >= 4 is 0 Å². The third-order valence-electron chi connectivity index (χ3n) is 5.56. The summed E-state index contributed by atoms with van der Waals surface area (Å²) in [6.07, 6.45) is 11.5. The van der Waals surface area contributed by atoms with Crippen LogP contribution in [0.25, 0.3) is 0 Å². The molecule has 2 nitrogen and oxygen atoms in total. The van der Waals surface area contributed by atoms with Gasteiger partial charge < -0.3 is 5.32 Å². The van der Waals surface area contributed by atoms with Crippen LogP contribution >= 0.6 is 0 Å². The van der Waals surface area contributed by atoms with Crippen molar-refractivity contribution in [2.75, 3.05) is 13.1 Å². The van der Waals surface area contributed by atoms with Gasteiger partial charge in [-0.3, -0.25) is 4.90 Å². The van der Waals surface area contributed by atoms with E-state index in [0.29, 0.717) is 6.04 Å². The van der Waals surface area contributed by atoms with Gasteiger partial charge in [0.25, 0.3) is 0 Å². The molecule has 2 fully saturated rings. The summed E-state index contributed by atoms with van der Waals surface area (Å²) in [5.41, 5.74) is 0. The van der Waals surface area contributed by atoms with Gasteiger partial charge in [0, 0.05) is 18.1 Å². The largest absolute Gasteiger partial charge is 0.313 e. The molecule has 0 aromatic heterocycles. The molecule has 112 valence electrons. The van der Waals surface area contributed by atoms with Crippen LogP contribution in [-0.4, -0.2) is 36.1 Å². The highest BCUT2D eigenvalue weighted by Gasteiger charge is 2.33. The molecule has 0 bridgehead atoms. The Kier molecular flexibility index (Phi) is 6.15. The number of likely N-dealkylation sites (tertiary alicyclic amines) is 1. The Bertz CT molecular complexity index is 246. The first-order valence-electron chi connectivity index (χ1n) is 8.75. The zero-order valence-electron chi connectivity index (χ0n) is 13.3. The summed E-state index contributed by atoms with van der Waals surface area (Å²) in [4.78, 5) is 2.88. The minimum atomic E-state index is 0.661. The number of hydrogen-bond donors (Lipinski definition) is 1. The molecule has 2 aliphatic rings. The van der Waals surface area contributed by atoms with Crippen LogP contribution < -0.4 is 5.32 Å². The molecular formula is C17H34N2. The fourth-order valence-electron chi connectivity index (χ4n) is 4.31. The summed E-state index contributed by atoms with van der Waals surface area (Å²) in [5, 5.41) is 3.66. The molecule has 1 N–H and O–H groups in total. The second-order valence-electron chi connectivity index (χ2n) is 6.73. The van der Waals surface area contributed by atoms with Crippen LogP contribution in [0.5, 0.6) is 0 Å². The van der Waals surface area contributed by atoms with Gasteiger partial charge in [-0.05, 0) is 64.5 Å². The standard InChI is InChI=1S/C17H34N2/c1-4-15-9-11-16(12-10-15)19-13-7-6-8-17(19)14(3)18-5-2/h14-18H,4-13H2,1-3H3. The number of likely N-dealkylation sites (N-methyl/N-ethyl adjacent to an activating group) is 1. The van der Waals surface area contributed by atoms with E-state index in [1.165, 1.54) is 57.9 Å². The molecule has 1 saturated carbocycles. The Balaban J connectivity index is 1.92. The fraction of sp³-hybridized carbons (Fsp3) is 1.00. The fourth-order valence-corrected chi connectivity index (χ4v) is 4.31. The van der Waals surface area contributed by atoms with E-state index in [-0.39, 0.29) is 0 Å². The van der Waals surface area contributed by atoms with E-state index in [2.05, 4.69) is 31.0 Å². The van der Waals surface area contributed by atoms with Crippen molar-refractivity contribution in [1.29, 1.82) is 0 Å². The third kappa shape index (κ3) is 3.95. The van der Waals surface area contributed by atoms with Crippen LogP contribution in [0.4, 0.5) is 0 Å². The second kappa shape index (κ2) is 7.64. The smallest absolute Gasteiger partial charge is 0.0249 e. The molecule has 2 atom stereocenters. The van der Waals surface area contributed by atoms with Gasteiger partial charge in [-0.1, -0.05) is 26.7 Å². The molecule has 0 radical (unpaired) electrons. The van der Waals surface area contributed by atoms with Gasteiger partial charge in [0.15, 0.2) is 0 Å². The van der Waals surface area contributed by atoms with Gasteiger partial charge in [-0.2, -0.15) is 0 Å². The molecule has 0 amide bonds. The summed E-state index contributed by atoms with van der Waals surface area (Å²) in [6, 6.07) is 2.33. The number of rotatable bonds is 5. The lowest BCUT2D eigenvalue weighted by Crippen LogP contribution is -2.55. The van der Waals surface area contributed by atoms with Crippen LogP contribution in [0.1, 0.15) is 72.1 Å². The predicted molar refractivity (Wildman–Crippen MR) is 83.5 cm³/mol. The van der Waals surface area contributed by atoms with Crippen molar-refractivity contribution in [3.63, 3.8) is 0 Å². The first-order valence-corrected chi connectivity index (χ1v) is 8.75. The predicted octanol–water partition coefficient (Wildman–Crippen LogP) is 3.81. The molecular weight excluding hydrogens is 232 g/mol. The van der Waals surface area contributed by atoms with E-state index in [1.54, 1.807) is 0 Å². The van der Waals surface area contributed by atoms with Crippen molar-refractivity contribution in [3.05, 3.63) is 0 Å². The van der Waals surface area contributed by atoms with E-state index < -0.39 is 0 Å². The summed E-state index contributed by atoms with van der Waals surface area (Å²) in [7, 11) is 0. The van der Waals surface area contributed by atoms with E-state index >= 15 is 0 Å². The average molecular weight is 266 g/mol. The van der Waals surface area contributed by atoms with Gasteiger partial charge in [-0.15, -0.1) is 0 Å². The number of nitrogens with one attached hydrogen (secondary N) is 1. The van der Waals surface area contributed by atoms with E-state index in [0.717, 1.165) is 24.5 Å². The molecule has 2 unspecified atom stereocenters. The van der Waals surface area contributed by atoms with Crippen molar-refractivity contribution in [1.82, 2.24) is 10.2 Å². The Morgan fingerprint density at radius 2 is 1.79 bits per heavy atom. The van der Waals surface area contributed by atoms with Gasteiger partial charge >= 0.3 is 0 Å². The minimum absolute atomic E-state index is 0.661. The van der Waals surface area contributed by atoms with Crippen LogP contribution in [-0.2, 0) is 0 Å². The molecule has 0 spiro atoms. The molecule has 19 heavy (non-hydrogen) atoms. The number of piperidine rings is 1. The number of nitrogens with zero attached hydrogens (tertiary/aromatic N) is 1. The van der Waals surface area contributed by atoms with Gasteiger partial charge in [0.1, 0.15) is 0 Å². The highest BCUT2D eigenvalue weighted by atomic mass is 15.2. The Hall–Kier alpha value is -0.0800. The van der Waals surface area contributed by atoms with Gasteiger partial charge in [-0.25, -0.2) is 0 Å². The third-order valence-corrected chi connectivity index (χ3v) is 5.56. The lowest BCUT2D eigenvalue weighted by molar-refractivity contribution is 0.0461. The summed E-state index contributed by atoms with van der Waals surface area (Å²) in [5.74, 6) is 1.02. The van der Waals surface area contributed by atoms with Crippen LogP contribution in [0.15, 0.2) is 0 Å². The highest BCUT2D eigenvalue weighted by molar-refractivity contribution is 4.90. The average Bonchev–Trinajstić information content (AvgIpc) is 2.47. The van der Waals surface area contributed by atoms with Gasteiger partial charge in [0.2, 0.25) is 0 Å². The second-order valence-corrected chi connectivity index (χ2v) is 6.73. The van der Waals surface area contributed by atoms with Gasteiger partial charge in [0.05, 0.1) is 0 Å². The summed E-state index contributed by atoms with van der Waals surface area (Å²) >= 11 is 0. The number of hydrogen-bond acceptors (Lipinski definition) is 2. The monoisotopic (exact) mass is 266 g/mol. The molecule has 1 aliphatic heterocycles. The molecule has 2 rings (SSSR count). The van der Waals surface area contributed by atoms with E-state index in [4.69, 9.17) is 0 Å². The normalized spacial score (nSPS) is 35.2. The van der Waals surface area contributed by atoms with Crippen LogP contribution in [0.3, 0.4) is 0 Å². The molecule has 2 heteroatoms. The molecule has 0 aromatic carbocycles. The summed E-state index contributed by atoms with van der Waals surface area (Å²) in [6.45, 7) is 9.44. The van der Waals surface area contributed by atoms with E-state index in [1.807, 2.05) is 0 Å². The minimum Gasteiger partial charge on any atom is -0.313 e. The lowest BCUT2D eigenvalue weighted by atomic mass is 9.82. The summed E-state index contributed by atoms with van der Waals surface area (Å²) < 4.78 is 0. The maximum absolute atomic E-state index is 3.66. The van der Waals surface area contributed by atoms with Crippen molar-refractivity contribution in [2.24, 2.45) is 5.92 Å². The SMILES string of the molecule is CCNC(C)C1CCCCN1C1CCC(CC)CC1. The maximum Gasteiger partial charge on any atom is 0.0249 e. The lowest BCUT2D eigenvalue weighted by Gasteiger charge is -2.46. The quantitative estimate of drug-likeness (QED) is 0.814. The van der Waals surface area contributed by atoms with Crippen molar-refractivity contribution in [3.8, 4) is 0 Å². The molecule has 1 aliphatic carbocycles. The van der Waals surface area contributed by atoms with E-state index in [9.17, 15) is 0 Å². The topological polar surface area (TPSA) is 15.3 Å². The Labute approximate surface area is 120 Å². The molecule has 1 heterocycles. The maximum atomic E-state index is 3.66. The van der Waals surface area contributed by atoms with Crippen molar-refractivity contribution < 1.29 is 0 Å².